The molecule has 4 rings (SSSR count). The van der Waals surface area contributed by atoms with Crippen LogP contribution in [-0.2, 0) is 0 Å². The number of nitrogens with one attached hydrogen (secondary N) is 1. The number of hydrogen-bond acceptors (Lipinski definition) is 6. The Kier molecular flexibility index (Phi) is 4.59. The minimum atomic E-state index is -0.433. The molecule has 3 N–H and O–H groups in total. The molecule has 2 aliphatic rings. The summed E-state index contributed by atoms with van der Waals surface area (Å²) in [6.07, 6.45) is 2.96. The zero-order valence-corrected chi connectivity index (χ0v) is 14.4. The van der Waals surface area contributed by atoms with Gasteiger partial charge < -0.3 is 16.0 Å². The van der Waals surface area contributed by atoms with Crippen molar-refractivity contribution in [2.75, 3.05) is 18.4 Å². The van der Waals surface area contributed by atoms with Crippen LogP contribution in [-0.4, -0.2) is 45.6 Å². The highest BCUT2D eigenvalue weighted by molar-refractivity contribution is 6.04. The van der Waals surface area contributed by atoms with Crippen LogP contribution in [0.15, 0.2) is 47.6 Å². The molecule has 130 valence electrons. The van der Waals surface area contributed by atoms with Crippen LogP contribution in [0.1, 0.15) is 28.9 Å². The minimum absolute atomic E-state index is 0. The largest absolute Gasteiger partial charge is 0.383 e. The Balaban J connectivity index is 0.00000182. The molecule has 0 radical (unpaired) electrons. The molecule has 0 saturated carbocycles. The number of fused-ring (bicyclic) bond motifs is 1. The van der Waals surface area contributed by atoms with Gasteiger partial charge in [0.25, 0.3) is 5.91 Å². The third-order valence-electron chi connectivity index (χ3n) is 4.57. The van der Waals surface area contributed by atoms with Crippen molar-refractivity contribution in [1.82, 2.24) is 15.1 Å². The molecule has 1 amide bonds. The van der Waals surface area contributed by atoms with E-state index in [2.05, 4.69) is 15.5 Å². The smallest absolute Gasteiger partial charge is 0.274 e. The molecular formula is C17H19ClN6O. The molecule has 1 fully saturated rings. The van der Waals surface area contributed by atoms with Crippen molar-refractivity contribution in [2.24, 2.45) is 10.7 Å². The predicted octanol–water partition coefficient (Wildman–Crippen LogP) is 1.66. The second-order valence-electron chi connectivity index (χ2n) is 6.10. The summed E-state index contributed by atoms with van der Waals surface area (Å²) in [5.74, 6) is 0.462. The molecule has 0 atom stereocenters. The van der Waals surface area contributed by atoms with Gasteiger partial charge in [0.15, 0.2) is 5.69 Å². The maximum atomic E-state index is 12.5. The molecule has 1 aromatic carbocycles. The number of piperidine rings is 1. The Labute approximate surface area is 151 Å². The number of carbonyl (C=O) groups excluding carboxylic acids is 1. The highest BCUT2D eigenvalue weighted by atomic mass is 35.5. The number of carbonyl (C=O) groups is 1. The molecule has 7 nitrogen and oxygen atoms in total. The SMILES string of the molecule is Cl.NC1=NC2(CCN(C(=O)c3cccnn3)CC2)Nc2ccccc21. The average Bonchev–Trinajstić information content (AvgIpc) is 2.62. The van der Waals surface area contributed by atoms with Gasteiger partial charge in [-0.25, -0.2) is 4.99 Å². The lowest BCUT2D eigenvalue weighted by atomic mass is 9.93. The van der Waals surface area contributed by atoms with Crippen LogP contribution in [0.3, 0.4) is 0 Å². The van der Waals surface area contributed by atoms with Crippen molar-refractivity contribution in [1.29, 1.82) is 0 Å². The summed E-state index contributed by atoms with van der Waals surface area (Å²) in [5.41, 5.74) is 8.02. The number of para-hydroxylation sites is 1. The third kappa shape index (κ3) is 3.15. The molecule has 2 aliphatic heterocycles. The predicted molar refractivity (Wildman–Crippen MR) is 97.9 cm³/mol. The Bertz CT molecular complexity index is 802. The topological polar surface area (TPSA) is 96.5 Å². The summed E-state index contributed by atoms with van der Waals surface area (Å²) in [7, 11) is 0. The van der Waals surface area contributed by atoms with Gasteiger partial charge >= 0.3 is 0 Å². The molecule has 2 aromatic rings. The molecule has 1 aromatic heterocycles. The quantitative estimate of drug-likeness (QED) is 0.808. The number of hydrogen-bond donors (Lipinski definition) is 2. The molecule has 25 heavy (non-hydrogen) atoms. The Morgan fingerprint density at radius 3 is 2.64 bits per heavy atom. The second-order valence-corrected chi connectivity index (χ2v) is 6.10. The Hall–Kier alpha value is -2.67. The van der Waals surface area contributed by atoms with Crippen LogP contribution in [0.2, 0.25) is 0 Å². The van der Waals surface area contributed by atoms with Crippen molar-refractivity contribution in [2.45, 2.75) is 18.5 Å². The minimum Gasteiger partial charge on any atom is -0.383 e. The van der Waals surface area contributed by atoms with Crippen molar-refractivity contribution >= 4 is 29.8 Å². The van der Waals surface area contributed by atoms with Crippen molar-refractivity contribution in [3.8, 4) is 0 Å². The number of rotatable bonds is 1. The first-order valence-corrected chi connectivity index (χ1v) is 7.97. The Morgan fingerprint density at radius 1 is 1.16 bits per heavy atom. The summed E-state index contributed by atoms with van der Waals surface area (Å²) >= 11 is 0. The summed E-state index contributed by atoms with van der Waals surface area (Å²) in [6.45, 7) is 1.20. The number of halogens is 1. The number of amidine groups is 1. The molecule has 0 unspecified atom stereocenters. The third-order valence-corrected chi connectivity index (χ3v) is 4.57. The first kappa shape index (κ1) is 17.2. The van der Waals surface area contributed by atoms with Crippen LogP contribution >= 0.6 is 12.4 Å². The molecule has 8 heteroatoms. The molecule has 1 saturated heterocycles. The second kappa shape index (κ2) is 6.68. The van der Waals surface area contributed by atoms with Crippen LogP contribution in [0.25, 0.3) is 0 Å². The van der Waals surface area contributed by atoms with Crippen LogP contribution in [0, 0.1) is 0 Å². The van der Waals surface area contributed by atoms with E-state index in [0.717, 1.165) is 11.3 Å². The highest BCUT2D eigenvalue weighted by Gasteiger charge is 2.39. The van der Waals surface area contributed by atoms with E-state index >= 15 is 0 Å². The summed E-state index contributed by atoms with van der Waals surface area (Å²) in [4.78, 5) is 19.0. The normalized spacial score (nSPS) is 17.8. The van der Waals surface area contributed by atoms with E-state index in [-0.39, 0.29) is 18.3 Å². The zero-order valence-electron chi connectivity index (χ0n) is 13.6. The van der Waals surface area contributed by atoms with Gasteiger partial charge in [0.1, 0.15) is 11.5 Å². The molecule has 1 spiro atoms. The number of nitrogens with two attached hydrogens (primary N) is 1. The number of aliphatic imine (C=N–C) groups is 1. The molecule has 3 heterocycles. The molecular weight excluding hydrogens is 340 g/mol. The van der Waals surface area contributed by atoms with Gasteiger partial charge in [-0.2, -0.15) is 5.10 Å². The van der Waals surface area contributed by atoms with Gasteiger partial charge in [0.2, 0.25) is 0 Å². The Morgan fingerprint density at radius 2 is 1.92 bits per heavy atom. The average molecular weight is 359 g/mol. The molecule has 0 bridgehead atoms. The summed E-state index contributed by atoms with van der Waals surface area (Å²) < 4.78 is 0. The lowest BCUT2D eigenvalue weighted by molar-refractivity contribution is 0.0678. The van der Waals surface area contributed by atoms with Crippen molar-refractivity contribution in [3.05, 3.63) is 53.9 Å². The van der Waals surface area contributed by atoms with Gasteiger partial charge in [-0.1, -0.05) is 12.1 Å². The summed E-state index contributed by atoms with van der Waals surface area (Å²) in [6, 6.07) is 11.3. The van der Waals surface area contributed by atoms with E-state index in [9.17, 15) is 4.79 Å². The summed E-state index contributed by atoms with van der Waals surface area (Å²) in [5, 5.41) is 11.2. The van der Waals surface area contributed by atoms with Gasteiger partial charge in [-0.05, 0) is 24.3 Å². The van der Waals surface area contributed by atoms with Crippen molar-refractivity contribution in [3.63, 3.8) is 0 Å². The first-order chi connectivity index (χ1) is 11.7. The van der Waals surface area contributed by atoms with Crippen LogP contribution < -0.4 is 11.1 Å². The van der Waals surface area contributed by atoms with Crippen molar-refractivity contribution < 1.29 is 4.79 Å². The van der Waals surface area contributed by atoms with Gasteiger partial charge in [-0.3, -0.25) is 4.79 Å². The van der Waals surface area contributed by atoms with E-state index in [4.69, 9.17) is 10.7 Å². The molecule has 0 aliphatic carbocycles. The monoisotopic (exact) mass is 358 g/mol. The van der Waals surface area contributed by atoms with E-state index in [1.54, 1.807) is 23.2 Å². The van der Waals surface area contributed by atoms with Gasteiger partial charge in [-0.15, -0.1) is 17.5 Å². The number of amides is 1. The number of benzene rings is 1. The standard InChI is InChI=1S/C17H18N6O.ClH/c18-15-12-4-1-2-5-13(12)20-17(21-15)7-10-23(11-8-17)16(24)14-6-3-9-19-22-14;/h1-6,9,20H,7-8,10-11H2,(H2,18,21);1H. The maximum Gasteiger partial charge on any atom is 0.274 e. The fourth-order valence-electron chi connectivity index (χ4n) is 3.28. The number of aromatic nitrogens is 2. The van der Waals surface area contributed by atoms with Crippen LogP contribution in [0.4, 0.5) is 5.69 Å². The van der Waals surface area contributed by atoms with E-state index in [0.29, 0.717) is 37.5 Å². The number of likely N-dealkylation sites (tertiary alicyclic amines) is 1. The first-order valence-electron chi connectivity index (χ1n) is 7.97. The lowest BCUT2D eigenvalue weighted by Crippen LogP contribution is -2.52. The van der Waals surface area contributed by atoms with Gasteiger partial charge in [0.05, 0.1) is 0 Å². The van der Waals surface area contributed by atoms with E-state index in [1.807, 2.05) is 24.3 Å². The lowest BCUT2D eigenvalue weighted by Gasteiger charge is -2.42. The van der Waals surface area contributed by atoms with Crippen LogP contribution in [0.5, 0.6) is 0 Å². The van der Waals surface area contributed by atoms with E-state index in [1.165, 1.54) is 0 Å². The fraction of sp³-hybridized carbons (Fsp3) is 0.294. The number of anilines is 1. The fourth-order valence-corrected chi connectivity index (χ4v) is 3.28. The van der Waals surface area contributed by atoms with E-state index < -0.39 is 5.66 Å². The maximum absolute atomic E-state index is 12.5. The highest BCUT2D eigenvalue weighted by Crippen LogP contribution is 2.34. The van der Waals surface area contributed by atoms with Gasteiger partial charge in [0, 0.05) is 43.4 Å². The zero-order chi connectivity index (χ0) is 16.6. The number of nitrogens with zero attached hydrogens (tertiary/aromatic N) is 4.